The molecule has 5 heteroatoms. The van der Waals surface area contributed by atoms with Crippen molar-refractivity contribution in [1.29, 1.82) is 0 Å². The fraction of sp³-hybridized carbons (Fsp3) is 0.375. The lowest BCUT2D eigenvalue weighted by atomic mass is 9.99. The standard InChI is InChI=1S/C16H22N4O/c1-5-16(2,3)20(4)15-12(14(17)19-21)10-11-8-6-7-9-13(11)18-15/h6-10,21H,5H2,1-4H3,(H2,17,19). The second kappa shape index (κ2) is 5.60. The van der Waals surface area contributed by atoms with Crippen LogP contribution in [-0.2, 0) is 0 Å². The SMILES string of the molecule is CCC(C)(C)N(C)c1nc2ccccc2cc1C(N)=NO. The zero-order valence-corrected chi connectivity index (χ0v) is 13.0. The van der Waals surface area contributed by atoms with E-state index in [9.17, 15) is 0 Å². The largest absolute Gasteiger partial charge is 0.409 e. The first kappa shape index (κ1) is 15.1. The fourth-order valence-electron chi connectivity index (χ4n) is 2.13. The van der Waals surface area contributed by atoms with Crippen LogP contribution in [0.2, 0.25) is 0 Å². The molecule has 0 saturated heterocycles. The third-order valence-corrected chi connectivity index (χ3v) is 4.18. The Hall–Kier alpha value is -2.30. The fourth-order valence-corrected chi connectivity index (χ4v) is 2.13. The number of fused-ring (bicyclic) bond motifs is 1. The van der Waals surface area contributed by atoms with Gasteiger partial charge in [0.05, 0.1) is 11.1 Å². The number of oxime groups is 1. The zero-order valence-electron chi connectivity index (χ0n) is 13.0. The van der Waals surface area contributed by atoms with E-state index in [1.807, 2.05) is 37.4 Å². The topological polar surface area (TPSA) is 74.7 Å². The van der Waals surface area contributed by atoms with Gasteiger partial charge in [0, 0.05) is 18.0 Å². The van der Waals surface area contributed by atoms with Crippen LogP contribution in [0.1, 0.15) is 32.8 Å². The molecule has 0 atom stereocenters. The van der Waals surface area contributed by atoms with Crippen LogP contribution in [0.3, 0.4) is 0 Å². The van der Waals surface area contributed by atoms with E-state index in [1.165, 1.54) is 0 Å². The number of pyridine rings is 1. The van der Waals surface area contributed by atoms with Gasteiger partial charge in [0.25, 0.3) is 0 Å². The van der Waals surface area contributed by atoms with Gasteiger partial charge in [0.15, 0.2) is 5.84 Å². The van der Waals surface area contributed by atoms with Crippen LogP contribution < -0.4 is 10.6 Å². The molecule has 0 aliphatic rings. The molecule has 0 unspecified atom stereocenters. The van der Waals surface area contributed by atoms with E-state index in [0.29, 0.717) is 5.56 Å². The van der Waals surface area contributed by atoms with E-state index in [4.69, 9.17) is 15.9 Å². The number of aromatic nitrogens is 1. The van der Waals surface area contributed by atoms with Crippen molar-refractivity contribution in [2.24, 2.45) is 10.9 Å². The number of nitrogens with zero attached hydrogens (tertiary/aromatic N) is 3. The van der Waals surface area contributed by atoms with E-state index in [2.05, 4.69) is 30.8 Å². The minimum Gasteiger partial charge on any atom is -0.409 e. The number of benzene rings is 1. The van der Waals surface area contributed by atoms with Crippen LogP contribution in [0, 0.1) is 0 Å². The number of hydrogen-bond donors (Lipinski definition) is 2. The number of amidine groups is 1. The smallest absolute Gasteiger partial charge is 0.173 e. The minimum atomic E-state index is -0.0834. The predicted octanol–water partition coefficient (Wildman–Crippen LogP) is 2.95. The molecule has 1 aromatic carbocycles. The summed E-state index contributed by atoms with van der Waals surface area (Å²) in [4.78, 5) is 6.79. The highest BCUT2D eigenvalue weighted by atomic mass is 16.4. The molecule has 2 aromatic rings. The molecule has 0 aliphatic heterocycles. The minimum absolute atomic E-state index is 0.0713. The summed E-state index contributed by atoms with van der Waals surface area (Å²) in [5, 5.41) is 13.2. The zero-order chi connectivity index (χ0) is 15.6. The van der Waals surface area contributed by atoms with Crippen molar-refractivity contribution in [1.82, 2.24) is 4.98 Å². The average Bonchev–Trinajstić information content (AvgIpc) is 2.52. The molecule has 0 aliphatic carbocycles. The Morgan fingerprint density at radius 1 is 1.38 bits per heavy atom. The first-order chi connectivity index (χ1) is 9.90. The summed E-state index contributed by atoms with van der Waals surface area (Å²) >= 11 is 0. The summed E-state index contributed by atoms with van der Waals surface area (Å²) in [5.74, 6) is 0.790. The van der Waals surface area contributed by atoms with Gasteiger partial charge in [0.1, 0.15) is 5.82 Å². The molecular formula is C16H22N4O. The van der Waals surface area contributed by atoms with Crippen LogP contribution in [-0.4, -0.2) is 28.6 Å². The van der Waals surface area contributed by atoms with Crippen molar-refractivity contribution in [3.05, 3.63) is 35.9 Å². The normalized spacial score (nSPS) is 12.7. The van der Waals surface area contributed by atoms with Crippen LogP contribution in [0.5, 0.6) is 0 Å². The first-order valence-electron chi connectivity index (χ1n) is 7.02. The van der Waals surface area contributed by atoms with Crippen molar-refractivity contribution in [3.8, 4) is 0 Å². The van der Waals surface area contributed by atoms with E-state index in [-0.39, 0.29) is 11.4 Å². The number of anilines is 1. The first-order valence-corrected chi connectivity index (χ1v) is 7.02. The van der Waals surface area contributed by atoms with Crippen LogP contribution in [0.4, 0.5) is 5.82 Å². The van der Waals surface area contributed by atoms with E-state index in [0.717, 1.165) is 23.1 Å². The highest BCUT2D eigenvalue weighted by Crippen LogP contribution is 2.29. The number of nitrogens with two attached hydrogens (primary N) is 1. The Labute approximate surface area is 125 Å². The molecule has 1 heterocycles. The molecule has 0 radical (unpaired) electrons. The van der Waals surface area contributed by atoms with Gasteiger partial charge >= 0.3 is 0 Å². The lowest BCUT2D eigenvalue weighted by Crippen LogP contribution is -2.42. The summed E-state index contributed by atoms with van der Waals surface area (Å²) in [6.45, 7) is 6.40. The Morgan fingerprint density at radius 3 is 2.67 bits per heavy atom. The van der Waals surface area contributed by atoms with Crippen LogP contribution in [0.15, 0.2) is 35.5 Å². The molecule has 0 fully saturated rings. The van der Waals surface area contributed by atoms with Crippen LogP contribution >= 0.6 is 0 Å². The lowest BCUT2D eigenvalue weighted by molar-refractivity contribution is 0.318. The Bertz CT molecular complexity index is 679. The number of para-hydroxylation sites is 1. The summed E-state index contributed by atoms with van der Waals surface area (Å²) in [6.07, 6.45) is 0.952. The van der Waals surface area contributed by atoms with Gasteiger partial charge in [-0.2, -0.15) is 0 Å². The maximum absolute atomic E-state index is 9.04. The molecule has 21 heavy (non-hydrogen) atoms. The quantitative estimate of drug-likeness (QED) is 0.392. The molecule has 2 rings (SSSR count). The van der Waals surface area contributed by atoms with Gasteiger partial charge in [-0.05, 0) is 32.4 Å². The van der Waals surface area contributed by atoms with Gasteiger partial charge in [0.2, 0.25) is 0 Å². The van der Waals surface area contributed by atoms with Gasteiger partial charge in [-0.15, -0.1) is 0 Å². The van der Waals surface area contributed by atoms with Gasteiger partial charge < -0.3 is 15.8 Å². The Morgan fingerprint density at radius 2 is 2.05 bits per heavy atom. The van der Waals surface area contributed by atoms with Crippen molar-refractivity contribution < 1.29 is 5.21 Å². The van der Waals surface area contributed by atoms with Gasteiger partial charge in [-0.3, -0.25) is 0 Å². The molecule has 0 bridgehead atoms. The third kappa shape index (κ3) is 2.77. The molecule has 5 nitrogen and oxygen atoms in total. The van der Waals surface area contributed by atoms with Gasteiger partial charge in [-0.25, -0.2) is 4.98 Å². The van der Waals surface area contributed by atoms with Crippen LogP contribution in [0.25, 0.3) is 10.9 Å². The molecule has 1 aromatic heterocycles. The lowest BCUT2D eigenvalue weighted by Gasteiger charge is -2.36. The highest BCUT2D eigenvalue weighted by molar-refractivity contribution is 6.04. The summed E-state index contributed by atoms with van der Waals surface area (Å²) < 4.78 is 0. The highest BCUT2D eigenvalue weighted by Gasteiger charge is 2.26. The average molecular weight is 286 g/mol. The Balaban J connectivity index is 2.70. The van der Waals surface area contributed by atoms with E-state index >= 15 is 0 Å². The molecule has 112 valence electrons. The predicted molar refractivity (Wildman–Crippen MR) is 87.0 cm³/mol. The molecular weight excluding hydrogens is 264 g/mol. The molecule has 0 spiro atoms. The van der Waals surface area contributed by atoms with Crippen molar-refractivity contribution in [2.75, 3.05) is 11.9 Å². The summed E-state index contributed by atoms with van der Waals surface area (Å²) in [7, 11) is 1.98. The summed E-state index contributed by atoms with van der Waals surface area (Å²) in [6, 6.07) is 9.73. The van der Waals surface area contributed by atoms with Gasteiger partial charge in [-0.1, -0.05) is 30.3 Å². The molecule has 0 amide bonds. The number of rotatable bonds is 4. The number of hydrogen-bond acceptors (Lipinski definition) is 4. The molecule has 3 N–H and O–H groups in total. The second-order valence-electron chi connectivity index (χ2n) is 5.76. The maximum atomic E-state index is 9.04. The summed E-state index contributed by atoms with van der Waals surface area (Å²) in [5.41, 5.74) is 7.29. The van der Waals surface area contributed by atoms with Crippen molar-refractivity contribution >= 4 is 22.6 Å². The second-order valence-corrected chi connectivity index (χ2v) is 5.76. The molecule has 0 saturated carbocycles. The monoisotopic (exact) mass is 286 g/mol. The van der Waals surface area contributed by atoms with E-state index < -0.39 is 0 Å². The van der Waals surface area contributed by atoms with Crippen molar-refractivity contribution in [2.45, 2.75) is 32.7 Å². The maximum Gasteiger partial charge on any atom is 0.173 e. The van der Waals surface area contributed by atoms with E-state index in [1.54, 1.807) is 0 Å². The van der Waals surface area contributed by atoms with Crippen molar-refractivity contribution in [3.63, 3.8) is 0 Å². The third-order valence-electron chi connectivity index (χ3n) is 4.18. The Kier molecular flexibility index (Phi) is 4.02.